The maximum absolute atomic E-state index is 13.1. The van der Waals surface area contributed by atoms with Gasteiger partial charge in [-0.2, -0.15) is 11.8 Å². The molecule has 2 rings (SSSR count). The van der Waals surface area contributed by atoms with Crippen molar-refractivity contribution in [2.24, 2.45) is 11.7 Å². The smallest absolute Gasteiger partial charge is 0.326 e. The van der Waals surface area contributed by atoms with Crippen LogP contribution in [0.2, 0.25) is 0 Å². The van der Waals surface area contributed by atoms with Gasteiger partial charge in [-0.25, -0.2) is 4.79 Å². The van der Waals surface area contributed by atoms with Gasteiger partial charge in [0.1, 0.15) is 18.1 Å². The van der Waals surface area contributed by atoms with Crippen LogP contribution in [0.15, 0.2) is 30.5 Å². The van der Waals surface area contributed by atoms with Gasteiger partial charge < -0.3 is 36.9 Å². The van der Waals surface area contributed by atoms with Crippen molar-refractivity contribution in [1.82, 2.24) is 20.9 Å². The second-order valence-electron chi connectivity index (χ2n) is 9.24. The molecule has 0 bridgehead atoms. The van der Waals surface area contributed by atoms with Crippen LogP contribution < -0.4 is 21.7 Å². The number of nitrogens with two attached hydrogens (primary N) is 1. The molecule has 0 saturated carbocycles. The van der Waals surface area contributed by atoms with Gasteiger partial charge in [0.2, 0.25) is 17.7 Å². The molecule has 0 radical (unpaired) electrons. The summed E-state index contributed by atoms with van der Waals surface area (Å²) in [6.07, 6.45) is 3.32. The Hall–Kier alpha value is -3.58. The summed E-state index contributed by atoms with van der Waals surface area (Å²) in [6, 6.07) is 2.86. The zero-order valence-corrected chi connectivity index (χ0v) is 22.3. The lowest BCUT2D eigenvalue weighted by molar-refractivity contribution is -0.147. The van der Waals surface area contributed by atoms with E-state index in [0.717, 1.165) is 16.5 Å². The zero-order chi connectivity index (χ0) is 28.4. The molecular weight excluding hydrogens is 514 g/mol. The van der Waals surface area contributed by atoms with Gasteiger partial charge in [0.25, 0.3) is 0 Å². The topological polar surface area (TPSA) is 204 Å². The van der Waals surface area contributed by atoms with E-state index in [4.69, 9.17) is 10.8 Å². The van der Waals surface area contributed by atoms with Crippen molar-refractivity contribution in [3.63, 3.8) is 0 Å². The number of H-pyrrole nitrogens is 1. The molecule has 0 spiro atoms. The molecule has 3 amide bonds. The molecule has 13 heteroatoms. The quantitative estimate of drug-likeness (QED) is 0.165. The molecule has 0 aliphatic rings. The van der Waals surface area contributed by atoms with E-state index in [1.807, 2.05) is 30.5 Å². The first-order valence-corrected chi connectivity index (χ1v) is 13.5. The van der Waals surface area contributed by atoms with Crippen LogP contribution >= 0.6 is 11.8 Å². The van der Waals surface area contributed by atoms with Gasteiger partial charge in [0.05, 0.1) is 12.5 Å². The van der Waals surface area contributed by atoms with Gasteiger partial charge in [-0.1, -0.05) is 32.0 Å². The summed E-state index contributed by atoms with van der Waals surface area (Å²) < 4.78 is 0. The van der Waals surface area contributed by atoms with Crippen molar-refractivity contribution in [3.05, 3.63) is 36.0 Å². The minimum atomic E-state index is -1.66. The molecule has 0 aliphatic carbocycles. The number of carboxylic acid groups (broad SMARTS) is 2. The molecule has 4 atom stereocenters. The van der Waals surface area contributed by atoms with Crippen molar-refractivity contribution >= 4 is 52.3 Å². The van der Waals surface area contributed by atoms with Crippen LogP contribution in [0.3, 0.4) is 0 Å². The van der Waals surface area contributed by atoms with Crippen molar-refractivity contribution in [2.45, 2.75) is 57.3 Å². The van der Waals surface area contributed by atoms with E-state index < -0.39 is 66.2 Å². The van der Waals surface area contributed by atoms with E-state index in [-0.39, 0.29) is 12.8 Å². The highest BCUT2D eigenvalue weighted by Gasteiger charge is 2.32. The molecule has 208 valence electrons. The van der Waals surface area contributed by atoms with Crippen LogP contribution in [0.25, 0.3) is 10.9 Å². The lowest BCUT2D eigenvalue weighted by atomic mass is 10.0. The van der Waals surface area contributed by atoms with Crippen molar-refractivity contribution in [1.29, 1.82) is 0 Å². The van der Waals surface area contributed by atoms with Crippen LogP contribution in [0.5, 0.6) is 0 Å². The largest absolute Gasteiger partial charge is 0.481 e. The third-order valence-corrected chi connectivity index (χ3v) is 6.58. The number of thioether (sulfide) groups is 1. The van der Waals surface area contributed by atoms with Crippen LogP contribution in [0, 0.1) is 5.92 Å². The Morgan fingerprint density at radius 3 is 2.24 bits per heavy atom. The number of hydrogen-bond acceptors (Lipinski definition) is 7. The number of carboxylic acids is 2. The van der Waals surface area contributed by atoms with Crippen LogP contribution in [-0.4, -0.2) is 81.0 Å². The van der Waals surface area contributed by atoms with Crippen LogP contribution in [-0.2, 0) is 30.4 Å². The summed E-state index contributed by atoms with van der Waals surface area (Å²) in [5.74, 6) is -4.84. The number of carbonyl (C=O) groups excluding carboxylic acids is 3. The van der Waals surface area contributed by atoms with E-state index >= 15 is 0 Å². The van der Waals surface area contributed by atoms with E-state index in [1.54, 1.807) is 20.0 Å². The first-order valence-electron chi connectivity index (χ1n) is 12.1. The number of aromatic amines is 1. The van der Waals surface area contributed by atoms with Crippen LogP contribution in [0.1, 0.15) is 32.3 Å². The summed E-state index contributed by atoms with van der Waals surface area (Å²) in [7, 11) is 0. The average molecular weight is 550 g/mol. The van der Waals surface area contributed by atoms with Gasteiger partial charge in [-0.15, -0.1) is 0 Å². The highest BCUT2D eigenvalue weighted by Crippen LogP contribution is 2.19. The summed E-state index contributed by atoms with van der Waals surface area (Å²) in [5, 5.41) is 26.5. The number of carbonyl (C=O) groups is 5. The number of hydrogen-bond donors (Lipinski definition) is 7. The third-order valence-electron chi connectivity index (χ3n) is 5.94. The highest BCUT2D eigenvalue weighted by atomic mass is 32.2. The number of rotatable bonds is 15. The van der Waals surface area contributed by atoms with Crippen molar-refractivity contribution < 1.29 is 34.2 Å². The average Bonchev–Trinajstić information content (AvgIpc) is 3.26. The van der Waals surface area contributed by atoms with Crippen molar-refractivity contribution in [3.8, 4) is 0 Å². The van der Waals surface area contributed by atoms with E-state index in [2.05, 4.69) is 20.9 Å². The zero-order valence-electron chi connectivity index (χ0n) is 21.5. The predicted octanol–water partition coefficient (Wildman–Crippen LogP) is 0.461. The first-order chi connectivity index (χ1) is 17.9. The van der Waals surface area contributed by atoms with Crippen LogP contribution in [0.4, 0.5) is 0 Å². The number of amides is 3. The Morgan fingerprint density at radius 1 is 0.974 bits per heavy atom. The first kappa shape index (κ1) is 30.6. The van der Waals surface area contributed by atoms with Gasteiger partial charge in [-0.3, -0.25) is 19.2 Å². The summed E-state index contributed by atoms with van der Waals surface area (Å²) >= 11 is 1.47. The predicted molar refractivity (Wildman–Crippen MR) is 143 cm³/mol. The van der Waals surface area contributed by atoms with Crippen molar-refractivity contribution in [2.75, 3.05) is 12.0 Å². The lowest BCUT2D eigenvalue weighted by Crippen LogP contribution is -2.58. The highest BCUT2D eigenvalue weighted by molar-refractivity contribution is 7.98. The van der Waals surface area contributed by atoms with Gasteiger partial charge in [0.15, 0.2) is 0 Å². The Bertz CT molecular complexity index is 1150. The Labute approximate surface area is 224 Å². The number of aliphatic carboxylic acids is 2. The molecule has 12 nitrogen and oxygen atoms in total. The van der Waals surface area contributed by atoms with Gasteiger partial charge in [0, 0.05) is 17.1 Å². The minimum absolute atomic E-state index is 0.240. The normalized spacial score (nSPS) is 14.3. The molecule has 1 aromatic carbocycles. The molecule has 38 heavy (non-hydrogen) atoms. The number of fused-ring (bicyclic) bond motifs is 1. The fraction of sp³-hybridized carbons (Fsp3) is 0.480. The standard InChI is InChI=1S/C25H35N5O7S/c1-13(2)21(24(35)29-19(25(36)37)11-20(31)32)30-23(34)18(8-9-38-3)28-22(33)16(26)10-14-12-27-17-7-5-4-6-15(14)17/h4-7,12-13,16,18-19,21,27H,8-11,26H2,1-3H3,(H,28,33)(H,29,35)(H,30,34)(H,31,32)(H,36,37). The monoisotopic (exact) mass is 549 g/mol. The maximum atomic E-state index is 13.1. The molecule has 1 aromatic heterocycles. The number of nitrogens with one attached hydrogen (secondary N) is 4. The molecule has 1 heterocycles. The Kier molecular flexibility index (Phi) is 11.6. The van der Waals surface area contributed by atoms with E-state index in [1.165, 1.54) is 11.8 Å². The lowest BCUT2D eigenvalue weighted by Gasteiger charge is -2.27. The maximum Gasteiger partial charge on any atom is 0.326 e. The molecule has 0 saturated heterocycles. The van der Waals surface area contributed by atoms with E-state index in [9.17, 15) is 29.1 Å². The third kappa shape index (κ3) is 8.77. The number of para-hydroxylation sites is 1. The Morgan fingerprint density at radius 2 is 1.63 bits per heavy atom. The second kappa shape index (κ2) is 14.4. The fourth-order valence-corrected chi connectivity index (χ4v) is 4.31. The molecular formula is C25H35N5O7S. The number of benzene rings is 1. The molecule has 4 unspecified atom stereocenters. The summed E-state index contributed by atoms with van der Waals surface area (Å²) in [5.41, 5.74) is 7.94. The molecule has 0 fully saturated rings. The minimum Gasteiger partial charge on any atom is -0.481 e. The SMILES string of the molecule is CSCCC(NC(=O)C(N)Cc1c[nH]c2ccccc12)C(=O)NC(C(=O)NC(CC(=O)O)C(=O)O)C(C)C. The fourth-order valence-electron chi connectivity index (χ4n) is 3.84. The van der Waals surface area contributed by atoms with E-state index in [0.29, 0.717) is 5.75 Å². The summed E-state index contributed by atoms with van der Waals surface area (Å²) in [4.78, 5) is 64.3. The molecule has 8 N–H and O–H groups in total. The molecule has 2 aromatic rings. The van der Waals surface area contributed by atoms with Gasteiger partial charge in [-0.05, 0) is 42.4 Å². The molecule has 0 aliphatic heterocycles. The summed E-state index contributed by atoms with van der Waals surface area (Å²) in [6.45, 7) is 3.29. The second-order valence-corrected chi connectivity index (χ2v) is 10.2. The van der Waals surface area contributed by atoms with Gasteiger partial charge >= 0.3 is 11.9 Å². The Balaban J connectivity index is 2.10. The number of aromatic nitrogens is 1.